The summed E-state index contributed by atoms with van der Waals surface area (Å²) in [5, 5.41) is 5.08. The van der Waals surface area contributed by atoms with Crippen molar-refractivity contribution in [2.75, 3.05) is 26.5 Å². The van der Waals surface area contributed by atoms with Gasteiger partial charge < -0.3 is 29.8 Å². The van der Waals surface area contributed by atoms with Crippen LogP contribution < -0.4 is 16.2 Å². The zero-order valence-electron chi connectivity index (χ0n) is 24.6. The minimum atomic E-state index is -1.01. The molecule has 0 bridgehead atoms. The van der Waals surface area contributed by atoms with Gasteiger partial charge in [-0.15, -0.1) is 0 Å². The lowest BCUT2D eigenvalue weighted by molar-refractivity contribution is -0.123. The van der Waals surface area contributed by atoms with Crippen LogP contribution in [-0.2, 0) is 27.3 Å². The largest absolute Gasteiger partial charge is 0.453 e. The molecular formula is C28H38N8O5. The maximum Gasteiger partial charge on any atom is 0.407 e. The number of aromatic nitrogens is 5. The van der Waals surface area contributed by atoms with Gasteiger partial charge in [0, 0.05) is 20.3 Å². The number of methoxy groups -OCH3 is 1. The first-order chi connectivity index (χ1) is 19.3. The van der Waals surface area contributed by atoms with Gasteiger partial charge in [-0.25, -0.2) is 19.7 Å². The van der Waals surface area contributed by atoms with Crippen LogP contribution in [0.15, 0.2) is 35.3 Å². The van der Waals surface area contributed by atoms with Gasteiger partial charge in [0.05, 0.1) is 19.3 Å². The molecule has 0 spiro atoms. The third-order valence-electron chi connectivity index (χ3n) is 6.00. The molecule has 0 aromatic carbocycles. The number of hydrogen-bond donors (Lipinski definition) is 3. The summed E-state index contributed by atoms with van der Waals surface area (Å²) in [7, 11) is 4.44. The fraction of sp³-hybridized carbons (Fsp3) is 0.464. The number of allylic oxidation sites excluding steroid dienone is 1. The van der Waals surface area contributed by atoms with Crippen LogP contribution in [0.4, 0.5) is 10.5 Å². The fourth-order valence-electron chi connectivity index (χ4n) is 4.03. The number of carbonyl (C=O) groups is 3. The van der Waals surface area contributed by atoms with Crippen LogP contribution in [0.1, 0.15) is 51.0 Å². The first kappa shape index (κ1) is 31.0. The molecule has 3 aromatic rings. The first-order valence-electron chi connectivity index (χ1n) is 13.2. The molecule has 0 aliphatic rings. The number of carbonyl (C=O) groups excluding carboxylic acids is 3. The Morgan fingerprint density at radius 3 is 2.59 bits per heavy atom. The number of nitrogens with one attached hydrogen (secondary N) is 3. The number of rotatable bonds is 10. The number of H-pyrrole nitrogens is 1. The van der Waals surface area contributed by atoms with Crippen molar-refractivity contribution in [2.24, 2.45) is 5.41 Å². The molecule has 3 rings (SSSR count). The number of amides is 3. The molecule has 13 nitrogen and oxygen atoms in total. The van der Waals surface area contributed by atoms with Crippen LogP contribution >= 0.6 is 0 Å². The van der Waals surface area contributed by atoms with Gasteiger partial charge in [0.25, 0.3) is 5.56 Å². The third-order valence-corrected chi connectivity index (χ3v) is 6.00. The number of aryl methyl sites for hydroxylation is 1. The summed E-state index contributed by atoms with van der Waals surface area (Å²) >= 11 is 0. The Morgan fingerprint density at radius 2 is 1.93 bits per heavy atom. The van der Waals surface area contributed by atoms with Crippen molar-refractivity contribution in [3.63, 3.8) is 0 Å². The SMILES string of the molecule is COC(=O)NC(CC/C=C/C(=O)N(C)C)C(=O)Nc1cccn(Cc2nc3nc(C)nc(CC(C)(C)C)c3[nH]2)c1=O. The summed E-state index contributed by atoms with van der Waals surface area (Å²) in [6.07, 6.45) is 5.02. The molecular weight excluding hydrogens is 528 g/mol. The topological polar surface area (TPSA) is 164 Å². The second-order valence-corrected chi connectivity index (χ2v) is 11.1. The molecule has 220 valence electrons. The normalized spacial score (nSPS) is 12.4. The van der Waals surface area contributed by atoms with E-state index in [1.165, 1.54) is 28.7 Å². The monoisotopic (exact) mass is 566 g/mol. The average Bonchev–Trinajstić information content (AvgIpc) is 3.29. The van der Waals surface area contributed by atoms with E-state index in [0.29, 0.717) is 23.7 Å². The number of alkyl carbamates (subject to hydrolysis) is 1. The van der Waals surface area contributed by atoms with Crippen molar-refractivity contribution < 1.29 is 19.1 Å². The Balaban J connectivity index is 1.79. The minimum absolute atomic E-state index is 0.00297. The zero-order chi connectivity index (χ0) is 30.3. The van der Waals surface area contributed by atoms with E-state index in [4.69, 9.17) is 0 Å². The molecule has 3 amide bonds. The summed E-state index contributed by atoms with van der Waals surface area (Å²) in [6.45, 7) is 8.31. The lowest BCUT2D eigenvalue weighted by Gasteiger charge is -2.17. The summed E-state index contributed by atoms with van der Waals surface area (Å²) in [6, 6.07) is 2.11. The second kappa shape index (κ2) is 13.2. The molecule has 3 N–H and O–H groups in total. The molecule has 0 radical (unpaired) electrons. The van der Waals surface area contributed by atoms with Gasteiger partial charge in [0.2, 0.25) is 11.8 Å². The second-order valence-electron chi connectivity index (χ2n) is 11.1. The molecule has 13 heteroatoms. The van der Waals surface area contributed by atoms with Crippen LogP contribution in [0.25, 0.3) is 11.2 Å². The Kier molecular flexibility index (Phi) is 9.98. The van der Waals surface area contributed by atoms with Crippen molar-refractivity contribution >= 4 is 34.8 Å². The van der Waals surface area contributed by atoms with Gasteiger partial charge in [0.15, 0.2) is 5.65 Å². The lowest BCUT2D eigenvalue weighted by atomic mass is 9.90. The quantitative estimate of drug-likeness (QED) is 0.315. The van der Waals surface area contributed by atoms with Gasteiger partial charge >= 0.3 is 6.09 Å². The van der Waals surface area contributed by atoms with Crippen LogP contribution in [0.2, 0.25) is 0 Å². The molecule has 3 heterocycles. The van der Waals surface area contributed by atoms with Crippen LogP contribution in [-0.4, -0.2) is 74.6 Å². The van der Waals surface area contributed by atoms with Crippen molar-refractivity contribution in [1.82, 2.24) is 34.7 Å². The Labute approximate surface area is 238 Å². The third kappa shape index (κ3) is 8.72. The molecule has 1 atom stereocenters. The molecule has 0 fully saturated rings. The van der Waals surface area contributed by atoms with E-state index in [0.717, 1.165) is 17.6 Å². The number of nitrogens with zero attached hydrogens (tertiary/aromatic N) is 5. The van der Waals surface area contributed by atoms with E-state index in [-0.39, 0.29) is 30.0 Å². The van der Waals surface area contributed by atoms with Crippen LogP contribution in [0.3, 0.4) is 0 Å². The zero-order valence-corrected chi connectivity index (χ0v) is 24.6. The number of aromatic amines is 1. The minimum Gasteiger partial charge on any atom is -0.453 e. The smallest absolute Gasteiger partial charge is 0.407 e. The van der Waals surface area contributed by atoms with Gasteiger partial charge in [-0.3, -0.25) is 14.4 Å². The lowest BCUT2D eigenvalue weighted by Crippen LogP contribution is -2.44. The first-order valence-corrected chi connectivity index (χ1v) is 13.2. The summed E-state index contributed by atoms with van der Waals surface area (Å²) in [4.78, 5) is 68.2. The van der Waals surface area contributed by atoms with Gasteiger partial charge in [0.1, 0.15) is 28.9 Å². The van der Waals surface area contributed by atoms with E-state index >= 15 is 0 Å². The Hall–Kier alpha value is -4.55. The highest BCUT2D eigenvalue weighted by Gasteiger charge is 2.22. The summed E-state index contributed by atoms with van der Waals surface area (Å²) < 4.78 is 6.05. The fourth-order valence-corrected chi connectivity index (χ4v) is 4.03. The number of pyridine rings is 1. The maximum atomic E-state index is 13.2. The number of hydrogen-bond acceptors (Lipinski definition) is 8. The van der Waals surface area contributed by atoms with Gasteiger partial charge in [-0.2, -0.15) is 0 Å². The number of fused-ring (bicyclic) bond motifs is 1. The van der Waals surface area contributed by atoms with Crippen molar-refractivity contribution in [2.45, 2.75) is 59.5 Å². The van der Waals surface area contributed by atoms with E-state index in [1.54, 1.807) is 32.4 Å². The summed E-state index contributed by atoms with van der Waals surface area (Å²) in [5.74, 6) is 0.337. The highest BCUT2D eigenvalue weighted by Crippen LogP contribution is 2.24. The Morgan fingerprint density at radius 1 is 1.20 bits per heavy atom. The summed E-state index contributed by atoms with van der Waals surface area (Å²) in [5.41, 5.74) is 1.71. The van der Waals surface area contributed by atoms with Gasteiger partial charge in [-0.05, 0) is 49.8 Å². The molecule has 0 saturated heterocycles. The van der Waals surface area contributed by atoms with Crippen molar-refractivity contribution in [3.05, 3.63) is 58.2 Å². The standard InChI is InChI=1S/C28H38N8O5/c1-17-29-20(15-28(2,3)4)23-24(30-17)34-21(33-23)16-36-14-10-12-19(26(36)39)31-25(38)18(32-27(40)41-7)11-8-9-13-22(37)35(5)6/h9-10,12-14,18H,8,11,15-16H2,1-7H3,(H,31,38)(H,32,40)(H,29,30,33,34)/b13-9+. The van der Waals surface area contributed by atoms with Crippen molar-refractivity contribution in [1.29, 1.82) is 0 Å². The number of likely N-dealkylation sites (N-methyl/N-ethyl adjacent to an activating group) is 1. The highest BCUT2D eigenvalue weighted by molar-refractivity contribution is 5.96. The number of anilines is 1. The molecule has 1 unspecified atom stereocenters. The molecule has 41 heavy (non-hydrogen) atoms. The van der Waals surface area contributed by atoms with Gasteiger partial charge in [-0.1, -0.05) is 26.8 Å². The highest BCUT2D eigenvalue weighted by atomic mass is 16.5. The van der Waals surface area contributed by atoms with E-state index < -0.39 is 23.6 Å². The molecule has 3 aromatic heterocycles. The van der Waals surface area contributed by atoms with E-state index in [1.807, 2.05) is 6.92 Å². The molecule has 0 saturated carbocycles. The number of imidazole rings is 1. The predicted molar refractivity (Wildman–Crippen MR) is 154 cm³/mol. The van der Waals surface area contributed by atoms with Crippen LogP contribution in [0.5, 0.6) is 0 Å². The number of ether oxygens (including phenoxy) is 1. The maximum absolute atomic E-state index is 13.2. The van der Waals surface area contributed by atoms with Crippen molar-refractivity contribution in [3.8, 4) is 0 Å². The average molecular weight is 567 g/mol. The van der Waals surface area contributed by atoms with E-state index in [2.05, 4.69) is 56.1 Å². The Bertz CT molecular complexity index is 1500. The molecule has 0 aliphatic carbocycles. The predicted octanol–water partition coefficient (Wildman–Crippen LogP) is 2.55. The van der Waals surface area contributed by atoms with E-state index in [9.17, 15) is 19.2 Å². The van der Waals surface area contributed by atoms with Crippen LogP contribution in [0, 0.1) is 12.3 Å². The molecule has 0 aliphatic heterocycles.